The highest BCUT2D eigenvalue weighted by Gasteiger charge is 2.26. The lowest BCUT2D eigenvalue weighted by molar-refractivity contribution is -0.138. The van der Waals surface area contributed by atoms with E-state index in [-0.39, 0.29) is 24.4 Å². The first-order chi connectivity index (χ1) is 12.5. The Labute approximate surface area is 154 Å². The minimum Gasteiger partial charge on any atom is -0.462 e. The summed E-state index contributed by atoms with van der Waals surface area (Å²) < 4.78 is 10.5. The molecule has 4 heteroatoms. The van der Waals surface area contributed by atoms with E-state index >= 15 is 0 Å². The van der Waals surface area contributed by atoms with Crippen LogP contribution in [0.3, 0.4) is 0 Å². The summed E-state index contributed by atoms with van der Waals surface area (Å²) in [5.74, 6) is -1.08. The van der Waals surface area contributed by atoms with Crippen LogP contribution in [0, 0.1) is 13.8 Å². The molecule has 136 valence electrons. The number of esters is 2. The molecular formula is C22H24O4. The summed E-state index contributed by atoms with van der Waals surface area (Å²) in [7, 11) is 0. The molecule has 0 aliphatic heterocycles. The van der Waals surface area contributed by atoms with E-state index in [1.807, 2.05) is 62.4 Å². The minimum atomic E-state index is -0.542. The molecule has 0 atom stereocenters. The van der Waals surface area contributed by atoms with E-state index in [1.54, 1.807) is 13.8 Å². The molecule has 2 rings (SSSR count). The highest BCUT2D eigenvalue weighted by Crippen LogP contribution is 2.29. The van der Waals surface area contributed by atoms with Crippen LogP contribution in [0.2, 0.25) is 0 Å². The van der Waals surface area contributed by atoms with Crippen molar-refractivity contribution in [1.82, 2.24) is 0 Å². The average molecular weight is 352 g/mol. The van der Waals surface area contributed by atoms with Crippen molar-refractivity contribution in [2.45, 2.75) is 27.7 Å². The SMILES string of the molecule is CCOC(=O)/C(=C(\C(=O)OCC)c1ccc(C)cc1)c1ccc(C)cc1. The third kappa shape index (κ3) is 4.60. The first kappa shape index (κ1) is 19.4. The van der Waals surface area contributed by atoms with Gasteiger partial charge in [0.2, 0.25) is 0 Å². The Hall–Kier alpha value is -2.88. The molecule has 4 nitrogen and oxygen atoms in total. The third-order valence-electron chi connectivity index (χ3n) is 3.89. The molecule has 26 heavy (non-hydrogen) atoms. The van der Waals surface area contributed by atoms with Gasteiger partial charge in [-0.25, -0.2) is 9.59 Å². The van der Waals surface area contributed by atoms with Gasteiger partial charge >= 0.3 is 11.9 Å². The van der Waals surface area contributed by atoms with Crippen molar-refractivity contribution in [3.8, 4) is 0 Å². The number of hydrogen-bond donors (Lipinski definition) is 0. The number of ether oxygens (including phenoxy) is 2. The number of carbonyl (C=O) groups is 2. The molecule has 0 amide bonds. The molecule has 0 heterocycles. The topological polar surface area (TPSA) is 52.6 Å². The largest absolute Gasteiger partial charge is 0.462 e. The van der Waals surface area contributed by atoms with Crippen LogP contribution in [0.15, 0.2) is 48.5 Å². The second-order valence-corrected chi connectivity index (χ2v) is 5.92. The average Bonchev–Trinajstić information content (AvgIpc) is 2.62. The van der Waals surface area contributed by atoms with Gasteiger partial charge < -0.3 is 9.47 Å². The summed E-state index contributed by atoms with van der Waals surface area (Å²) >= 11 is 0. The molecule has 0 unspecified atom stereocenters. The zero-order chi connectivity index (χ0) is 19.1. The fraction of sp³-hybridized carbons (Fsp3) is 0.273. The molecule has 2 aromatic rings. The van der Waals surface area contributed by atoms with Gasteiger partial charge in [0.05, 0.1) is 24.4 Å². The molecule has 0 spiro atoms. The molecule has 0 aliphatic carbocycles. The molecule has 0 aromatic heterocycles. The van der Waals surface area contributed by atoms with Gasteiger partial charge in [-0.1, -0.05) is 59.7 Å². The predicted molar refractivity (Wildman–Crippen MR) is 102 cm³/mol. The highest BCUT2D eigenvalue weighted by atomic mass is 16.5. The molecule has 2 aromatic carbocycles. The summed E-state index contributed by atoms with van der Waals surface area (Å²) in [6, 6.07) is 14.8. The van der Waals surface area contributed by atoms with Crippen molar-refractivity contribution in [1.29, 1.82) is 0 Å². The van der Waals surface area contributed by atoms with Crippen LogP contribution in [0.5, 0.6) is 0 Å². The van der Waals surface area contributed by atoms with Crippen molar-refractivity contribution in [2.75, 3.05) is 13.2 Å². The van der Waals surface area contributed by atoms with Gasteiger partial charge in [0.1, 0.15) is 0 Å². The lowest BCUT2D eigenvalue weighted by atomic mass is 9.93. The van der Waals surface area contributed by atoms with E-state index in [4.69, 9.17) is 9.47 Å². The van der Waals surface area contributed by atoms with Crippen LogP contribution in [-0.2, 0) is 19.1 Å². The van der Waals surface area contributed by atoms with Gasteiger partial charge in [-0.2, -0.15) is 0 Å². The number of aryl methyl sites for hydroxylation is 2. The zero-order valence-electron chi connectivity index (χ0n) is 15.7. The Morgan fingerprint density at radius 3 is 1.23 bits per heavy atom. The van der Waals surface area contributed by atoms with Gasteiger partial charge in [0, 0.05) is 0 Å². The Bertz CT molecular complexity index is 730. The summed E-state index contributed by atoms with van der Waals surface area (Å²) in [5, 5.41) is 0. The van der Waals surface area contributed by atoms with Gasteiger partial charge in [-0.3, -0.25) is 0 Å². The van der Waals surface area contributed by atoms with E-state index in [0.717, 1.165) is 11.1 Å². The summed E-state index contributed by atoms with van der Waals surface area (Å²) in [5.41, 5.74) is 3.80. The van der Waals surface area contributed by atoms with Crippen LogP contribution in [-0.4, -0.2) is 25.2 Å². The number of hydrogen-bond acceptors (Lipinski definition) is 4. The third-order valence-corrected chi connectivity index (χ3v) is 3.89. The summed E-state index contributed by atoms with van der Waals surface area (Å²) in [4.78, 5) is 25.5. The Balaban J connectivity index is 2.75. The van der Waals surface area contributed by atoms with Gasteiger partial charge in [-0.15, -0.1) is 0 Å². The first-order valence-corrected chi connectivity index (χ1v) is 8.70. The zero-order valence-corrected chi connectivity index (χ0v) is 15.7. The van der Waals surface area contributed by atoms with Crippen molar-refractivity contribution >= 4 is 23.1 Å². The second-order valence-electron chi connectivity index (χ2n) is 5.92. The molecule has 0 fully saturated rings. The lowest BCUT2D eigenvalue weighted by Crippen LogP contribution is -2.15. The van der Waals surface area contributed by atoms with Crippen molar-refractivity contribution in [3.63, 3.8) is 0 Å². The number of benzene rings is 2. The minimum absolute atomic E-state index is 0.217. The Morgan fingerprint density at radius 1 is 0.654 bits per heavy atom. The predicted octanol–water partition coefficient (Wildman–Crippen LogP) is 4.34. The Morgan fingerprint density at radius 2 is 0.962 bits per heavy atom. The normalized spacial score (nSPS) is 11.5. The van der Waals surface area contributed by atoms with E-state index in [0.29, 0.717) is 11.1 Å². The second kappa shape index (κ2) is 8.99. The van der Waals surface area contributed by atoms with E-state index < -0.39 is 11.9 Å². The molecule has 0 bridgehead atoms. The standard InChI is InChI=1S/C22H24O4/c1-5-25-21(23)19(17-11-7-15(3)8-12-17)20(22(24)26-6-2)18-13-9-16(4)10-14-18/h7-14H,5-6H2,1-4H3/b20-19-. The van der Waals surface area contributed by atoms with E-state index in [9.17, 15) is 9.59 Å². The van der Waals surface area contributed by atoms with Crippen molar-refractivity contribution in [2.24, 2.45) is 0 Å². The van der Waals surface area contributed by atoms with Gasteiger partial charge in [0.15, 0.2) is 0 Å². The molecule has 0 radical (unpaired) electrons. The fourth-order valence-electron chi connectivity index (χ4n) is 2.58. The molecule has 0 N–H and O–H groups in total. The maximum Gasteiger partial charge on any atom is 0.339 e. The maximum absolute atomic E-state index is 12.7. The highest BCUT2D eigenvalue weighted by molar-refractivity contribution is 6.37. The van der Waals surface area contributed by atoms with Crippen molar-refractivity contribution < 1.29 is 19.1 Å². The van der Waals surface area contributed by atoms with E-state index in [2.05, 4.69) is 0 Å². The van der Waals surface area contributed by atoms with Gasteiger partial charge in [-0.05, 0) is 38.8 Å². The number of carbonyl (C=O) groups excluding carboxylic acids is 2. The smallest absolute Gasteiger partial charge is 0.339 e. The molecule has 0 saturated carbocycles. The van der Waals surface area contributed by atoms with Crippen LogP contribution in [0.4, 0.5) is 0 Å². The van der Waals surface area contributed by atoms with Crippen LogP contribution < -0.4 is 0 Å². The fourth-order valence-corrected chi connectivity index (χ4v) is 2.58. The van der Waals surface area contributed by atoms with Crippen LogP contribution >= 0.6 is 0 Å². The van der Waals surface area contributed by atoms with E-state index in [1.165, 1.54) is 0 Å². The maximum atomic E-state index is 12.7. The van der Waals surface area contributed by atoms with Crippen LogP contribution in [0.1, 0.15) is 36.1 Å². The lowest BCUT2D eigenvalue weighted by Gasteiger charge is -2.15. The monoisotopic (exact) mass is 352 g/mol. The van der Waals surface area contributed by atoms with Gasteiger partial charge in [0.25, 0.3) is 0 Å². The number of rotatable bonds is 6. The van der Waals surface area contributed by atoms with Crippen LogP contribution in [0.25, 0.3) is 11.1 Å². The first-order valence-electron chi connectivity index (χ1n) is 8.70. The Kier molecular flexibility index (Phi) is 6.73. The summed E-state index contributed by atoms with van der Waals surface area (Å²) in [6.07, 6.45) is 0. The summed E-state index contributed by atoms with van der Waals surface area (Å²) in [6.45, 7) is 7.84. The molecule has 0 aliphatic rings. The quantitative estimate of drug-likeness (QED) is 0.441. The molecule has 0 saturated heterocycles. The van der Waals surface area contributed by atoms with Crippen molar-refractivity contribution in [3.05, 3.63) is 70.8 Å². The molecular weight excluding hydrogens is 328 g/mol.